The highest BCUT2D eigenvalue weighted by molar-refractivity contribution is 5.71. The van der Waals surface area contributed by atoms with Gasteiger partial charge in [-0.1, -0.05) is 18.2 Å². The molecule has 108 valence electrons. The van der Waals surface area contributed by atoms with Crippen molar-refractivity contribution in [2.75, 3.05) is 13.3 Å². The van der Waals surface area contributed by atoms with Crippen LogP contribution in [0.1, 0.15) is 12.8 Å². The van der Waals surface area contributed by atoms with Gasteiger partial charge >= 0.3 is 0 Å². The summed E-state index contributed by atoms with van der Waals surface area (Å²) in [4.78, 5) is 0. The molecular formula is C18H18FNO. The van der Waals surface area contributed by atoms with Crippen molar-refractivity contribution < 1.29 is 9.13 Å². The number of pyridine rings is 1. The van der Waals surface area contributed by atoms with Gasteiger partial charge in [-0.3, -0.25) is 4.39 Å². The summed E-state index contributed by atoms with van der Waals surface area (Å²) in [6.07, 6.45) is 5.45. The van der Waals surface area contributed by atoms with Crippen LogP contribution in [0.3, 0.4) is 0 Å². The van der Waals surface area contributed by atoms with Gasteiger partial charge < -0.3 is 9.14 Å². The van der Waals surface area contributed by atoms with Crippen LogP contribution in [0.15, 0.2) is 60.9 Å². The number of nitrogens with zero attached hydrogens (tertiary/aromatic N) is 1. The molecule has 0 saturated carbocycles. The Morgan fingerprint density at radius 1 is 0.952 bits per heavy atom. The van der Waals surface area contributed by atoms with Crippen LogP contribution in [0.4, 0.5) is 4.39 Å². The Bertz CT molecular complexity index is 687. The highest BCUT2D eigenvalue weighted by Crippen LogP contribution is 2.26. The first-order valence-corrected chi connectivity index (χ1v) is 7.23. The molecule has 0 aliphatic carbocycles. The zero-order valence-corrected chi connectivity index (χ0v) is 11.8. The second-order valence-electron chi connectivity index (χ2n) is 5.03. The molecule has 0 fully saturated rings. The number of benzene rings is 1. The van der Waals surface area contributed by atoms with Crippen LogP contribution in [0, 0.1) is 0 Å². The zero-order valence-electron chi connectivity index (χ0n) is 11.8. The van der Waals surface area contributed by atoms with E-state index in [4.69, 9.17) is 4.74 Å². The van der Waals surface area contributed by atoms with E-state index in [1.807, 2.05) is 36.5 Å². The van der Waals surface area contributed by atoms with Crippen LogP contribution in [0.25, 0.3) is 16.6 Å². The molecule has 2 aromatic heterocycles. The third-order valence-electron chi connectivity index (χ3n) is 3.47. The first-order chi connectivity index (χ1) is 10.4. The maximum absolute atomic E-state index is 12.0. The highest BCUT2D eigenvalue weighted by atomic mass is 19.1. The van der Waals surface area contributed by atoms with E-state index in [9.17, 15) is 4.39 Å². The summed E-state index contributed by atoms with van der Waals surface area (Å²) in [5, 5.41) is 0. The lowest BCUT2D eigenvalue weighted by Gasteiger charge is -2.06. The first-order valence-electron chi connectivity index (χ1n) is 7.23. The van der Waals surface area contributed by atoms with Crippen molar-refractivity contribution in [3.8, 4) is 16.9 Å². The highest BCUT2D eigenvalue weighted by Gasteiger charge is 2.03. The molecule has 0 bridgehead atoms. The number of rotatable bonds is 6. The summed E-state index contributed by atoms with van der Waals surface area (Å²) in [7, 11) is 0. The van der Waals surface area contributed by atoms with Crippen LogP contribution in [-0.2, 0) is 0 Å². The molecule has 3 aromatic rings. The Kier molecular flexibility index (Phi) is 4.20. The van der Waals surface area contributed by atoms with E-state index in [0.717, 1.165) is 23.3 Å². The predicted molar refractivity (Wildman–Crippen MR) is 83.5 cm³/mol. The Morgan fingerprint density at radius 3 is 2.76 bits per heavy atom. The Morgan fingerprint density at radius 2 is 1.90 bits per heavy atom. The number of halogens is 1. The molecule has 21 heavy (non-hydrogen) atoms. The average molecular weight is 283 g/mol. The van der Waals surface area contributed by atoms with Crippen LogP contribution in [0.5, 0.6) is 5.75 Å². The summed E-state index contributed by atoms with van der Waals surface area (Å²) in [6, 6.07) is 16.3. The topological polar surface area (TPSA) is 13.6 Å². The minimum absolute atomic E-state index is 0.277. The standard InChI is InChI=1S/C18H18FNO/c19-9-2-4-11-21-18-8-5-6-15(13-18)16-12-17-7-1-3-10-20(17)14-16/h1,3,5-8,10,12-14H,2,4,9,11H2. The van der Waals surface area contributed by atoms with Gasteiger partial charge in [0.05, 0.1) is 13.3 Å². The lowest BCUT2D eigenvalue weighted by molar-refractivity contribution is 0.297. The Hall–Kier alpha value is -2.29. The van der Waals surface area contributed by atoms with Crippen molar-refractivity contribution in [1.82, 2.24) is 4.40 Å². The van der Waals surface area contributed by atoms with Gasteiger partial charge in [0.25, 0.3) is 0 Å². The number of fused-ring (bicyclic) bond motifs is 1. The molecule has 0 unspecified atom stereocenters. The smallest absolute Gasteiger partial charge is 0.119 e. The van der Waals surface area contributed by atoms with Gasteiger partial charge in [-0.25, -0.2) is 0 Å². The predicted octanol–water partition coefficient (Wildman–Crippen LogP) is 4.73. The molecule has 2 nitrogen and oxygen atoms in total. The molecule has 0 aliphatic rings. The minimum Gasteiger partial charge on any atom is -0.494 e. The molecule has 2 heterocycles. The van der Waals surface area contributed by atoms with E-state index in [0.29, 0.717) is 13.0 Å². The molecular weight excluding hydrogens is 265 g/mol. The second kappa shape index (κ2) is 6.44. The summed E-state index contributed by atoms with van der Waals surface area (Å²) < 4.78 is 19.8. The van der Waals surface area contributed by atoms with Gasteiger partial charge in [-0.2, -0.15) is 0 Å². The zero-order chi connectivity index (χ0) is 14.5. The van der Waals surface area contributed by atoms with E-state index >= 15 is 0 Å². The lowest BCUT2D eigenvalue weighted by Crippen LogP contribution is -1.97. The number of hydrogen-bond acceptors (Lipinski definition) is 1. The third kappa shape index (κ3) is 3.24. The summed E-state index contributed by atoms with van der Waals surface area (Å²) in [5.74, 6) is 0.835. The third-order valence-corrected chi connectivity index (χ3v) is 3.47. The number of unbranched alkanes of at least 4 members (excludes halogenated alkanes) is 1. The molecule has 0 atom stereocenters. The first kappa shape index (κ1) is 13.7. The second-order valence-corrected chi connectivity index (χ2v) is 5.03. The van der Waals surface area contributed by atoms with E-state index in [1.165, 1.54) is 5.52 Å². The molecule has 0 radical (unpaired) electrons. The fraction of sp³-hybridized carbons (Fsp3) is 0.222. The van der Waals surface area contributed by atoms with Gasteiger partial charge in [-0.15, -0.1) is 0 Å². The van der Waals surface area contributed by atoms with Gasteiger partial charge in [0.1, 0.15) is 5.75 Å². The minimum atomic E-state index is -0.277. The fourth-order valence-corrected chi connectivity index (χ4v) is 2.37. The molecule has 3 rings (SSSR count). The summed E-state index contributed by atoms with van der Waals surface area (Å²) in [6.45, 7) is 0.284. The largest absolute Gasteiger partial charge is 0.494 e. The number of alkyl halides is 1. The molecule has 0 saturated heterocycles. The molecule has 0 N–H and O–H groups in total. The van der Waals surface area contributed by atoms with Gasteiger partial charge in [0.2, 0.25) is 0 Å². The Labute approximate surface area is 123 Å². The van der Waals surface area contributed by atoms with E-state index in [-0.39, 0.29) is 6.67 Å². The van der Waals surface area contributed by atoms with Crippen LogP contribution < -0.4 is 4.74 Å². The molecule has 1 aromatic carbocycles. The van der Waals surface area contributed by atoms with Crippen molar-refractivity contribution in [2.24, 2.45) is 0 Å². The van der Waals surface area contributed by atoms with Crippen molar-refractivity contribution >= 4 is 5.52 Å². The summed E-state index contributed by atoms with van der Waals surface area (Å²) in [5.41, 5.74) is 3.46. The van der Waals surface area contributed by atoms with Gasteiger partial charge in [-0.05, 0) is 48.7 Å². The average Bonchev–Trinajstić information content (AvgIpc) is 2.96. The molecule has 0 spiro atoms. The number of aromatic nitrogens is 1. The van der Waals surface area contributed by atoms with Crippen molar-refractivity contribution in [3.05, 3.63) is 60.9 Å². The van der Waals surface area contributed by atoms with Crippen molar-refractivity contribution in [3.63, 3.8) is 0 Å². The van der Waals surface area contributed by atoms with Gasteiger partial charge in [0.15, 0.2) is 0 Å². The van der Waals surface area contributed by atoms with Crippen LogP contribution in [0.2, 0.25) is 0 Å². The quantitative estimate of drug-likeness (QED) is 0.596. The van der Waals surface area contributed by atoms with E-state index in [2.05, 4.69) is 28.8 Å². The van der Waals surface area contributed by atoms with Crippen molar-refractivity contribution in [2.45, 2.75) is 12.8 Å². The van der Waals surface area contributed by atoms with Crippen molar-refractivity contribution in [1.29, 1.82) is 0 Å². The lowest BCUT2D eigenvalue weighted by atomic mass is 10.1. The molecule has 0 aliphatic heterocycles. The number of ether oxygens (including phenoxy) is 1. The molecule has 0 amide bonds. The fourth-order valence-electron chi connectivity index (χ4n) is 2.37. The maximum atomic E-state index is 12.0. The number of hydrogen-bond donors (Lipinski definition) is 0. The van der Waals surface area contributed by atoms with E-state index in [1.54, 1.807) is 0 Å². The molecule has 3 heteroatoms. The SMILES string of the molecule is FCCCCOc1cccc(-c2cc3ccccn3c2)c1. The van der Waals surface area contributed by atoms with Crippen LogP contribution >= 0.6 is 0 Å². The normalized spacial score (nSPS) is 10.9. The van der Waals surface area contributed by atoms with Gasteiger partial charge in [0, 0.05) is 23.5 Å². The summed E-state index contributed by atoms with van der Waals surface area (Å²) >= 11 is 0. The monoisotopic (exact) mass is 283 g/mol. The van der Waals surface area contributed by atoms with E-state index < -0.39 is 0 Å². The Balaban J connectivity index is 1.78. The maximum Gasteiger partial charge on any atom is 0.119 e. The van der Waals surface area contributed by atoms with Crippen LogP contribution in [-0.4, -0.2) is 17.7 Å².